The van der Waals surface area contributed by atoms with Gasteiger partial charge in [-0.15, -0.1) is 0 Å². The largest absolute Gasteiger partial charge is 0.457 e. The summed E-state index contributed by atoms with van der Waals surface area (Å²) in [4.78, 5) is 26.2. The van der Waals surface area contributed by atoms with Gasteiger partial charge in [0.1, 0.15) is 23.0 Å². The minimum absolute atomic E-state index is 0.114. The number of hydrogen-bond acceptors (Lipinski definition) is 4. The lowest BCUT2D eigenvalue weighted by Gasteiger charge is -2.11. The van der Waals surface area contributed by atoms with E-state index in [1.165, 1.54) is 0 Å². The molecule has 0 aliphatic heterocycles. The van der Waals surface area contributed by atoms with Crippen molar-refractivity contribution in [2.24, 2.45) is 0 Å². The molecule has 0 aromatic heterocycles. The Bertz CT molecular complexity index is 1470. The molecule has 0 spiro atoms. The van der Waals surface area contributed by atoms with Crippen LogP contribution in [-0.2, 0) is 0 Å². The van der Waals surface area contributed by atoms with Gasteiger partial charge in [-0.05, 0) is 85.6 Å². The maximum Gasteiger partial charge on any atom is 0.193 e. The fraction of sp³-hybridized carbons (Fsp3) is 0.0588. The van der Waals surface area contributed by atoms with E-state index in [2.05, 4.69) is 0 Å². The van der Waals surface area contributed by atoms with Crippen LogP contribution in [-0.4, -0.2) is 11.6 Å². The number of hydrogen-bond donors (Lipinski definition) is 0. The molecule has 0 fully saturated rings. The number of ketones is 2. The van der Waals surface area contributed by atoms with E-state index >= 15 is 0 Å². The monoisotopic (exact) mass is 498 g/mol. The maximum absolute atomic E-state index is 13.1. The minimum atomic E-state index is -0.114. The second-order valence-electron chi connectivity index (χ2n) is 9.03. The van der Waals surface area contributed by atoms with Gasteiger partial charge in [-0.3, -0.25) is 9.59 Å². The van der Waals surface area contributed by atoms with Gasteiger partial charge in [0.25, 0.3) is 0 Å². The first-order valence-corrected chi connectivity index (χ1v) is 12.3. The Morgan fingerprint density at radius 3 is 1.13 bits per heavy atom. The van der Waals surface area contributed by atoms with Crippen molar-refractivity contribution < 1.29 is 19.1 Å². The molecule has 0 saturated heterocycles. The van der Waals surface area contributed by atoms with Gasteiger partial charge in [0, 0.05) is 22.3 Å². The van der Waals surface area contributed by atoms with Crippen molar-refractivity contribution in [3.63, 3.8) is 0 Å². The summed E-state index contributed by atoms with van der Waals surface area (Å²) in [5, 5.41) is 0. The van der Waals surface area contributed by atoms with Crippen molar-refractivity contribution in [1.29, 1.82) is 0 Å². The van der Waals surface area contributed by atoms with E-state index < -0.39 is 0 Å². The molecule has 0 unspecified atom stereocenters. The molecule has 38 heavy (non-hydrogen) atoms. The summed E-state index contributed by atoms with van der Waals surface area (Å²) in [5.74, 6) is 2.65. The molecule has 4 heteroatoms. The lowest BCUT2D eigenvalue weighted by molar-refractivity contribution is 0.102. The van der Waals surface area contributed by atoms with Crippen LogP contribution in [0.15, 0.2) is 121 Å². The number of para-hydroxylation sites is 2. The molecule has 0 bridgehead atoms. The molecular weight excluding hydrogens is 472 g/mol. The molecule has 5 aromatic carbocycles. The molecule has 0 amide bonds. The Kier molecular flexibility index (Phi) is 7.14. The Morgan fingerprint density at radius 2 is 0.789 bits per heavy atom. The van der Waals surface area contributed by atoms with Crippen LogP contribution in [0.5, 0.6) is 23.0 Å². The smallest absolute Gasteiger partial charge is 0.193 e. The zero-order chi connectivity index (χ0) is 26.5. The fourth-order valence-corrected chi connectivity index (χ4v) is 4.15. The van der Waals surface area contributed by atoms with Crippen molar-refractivity contribution in [2.75, 3.05) is 0 Å². The standard InChI is InChI=1S/C34H26O4/c1-23-21-27(17-19-31(23)37-29-9-5-3-6-10-29)33(35)25-13-15-26(16-14-25)34(36)28-18-20-32(24(2)22-28)38-30-11-7-4-8-12-30/h3-22H,1-2H3. The number of benzene rings is 5. The SMILES string of the molecule is Cc1cc(C(=O)c2ccc(C(=O)c3ccc(Oc4ccccc4)c(C)c3)cc2)ccc1Oc1ccccc1. The summed E-state index contributed by atoms with van der Waals surface area (Å²) in [5.41, 5.74) is 3.88. The first kappa shape index (κ1) is 24.7. The first-order valence-electron chi connectivity index (χ1n) is 12.3. The van der Waals surface area contributed by atoms with Crippen molar-refractivity contribution in [3.05, 3.63) is 155 Å². The van der Waals surface area contributed by atoms with E-state index in [1.54, 1.807) is 48.5 Å². The summed E-state index contributed by atoms with van der Waals surface area (Å²) < 4.78 is 11.8. The van der Waals surface area contributed by atoms with Gasteiger partial charge in [-0.2, -0.15) is 0 Å². The van der Waals surface area contributed by atoms with E-state index in [9.17, 15) is 9.59 Å². The Balaban J connectivity index is 1.28. The zero-order valence-electron chi connectivity index (χ0n) is 21.2. The second-order valence-corrected chi connectivity index (χ2v) is 9.03. The highest BCUT2D eigenvalue weighted by molar-refractivity contribution is 6.12. The Labute approximate surface area is 222 Å². The van der Waals surface area contributed by atoms with Crippen LogP contribution >= 0.6 is 0 Å². The summed E-state index contributed by atoms with van der Waals surface area (Å²) in [6, 6.07) is 36.6. The third-order valence-corrected chi connectivity index (χ3v) is 6.23. The second kappa shape index (κ2) is 11.0. The molecule has 0 N–H and O–H groups in total. The van der Waals surface area contributed by atoms with Crippen LogP contribution in [0.4, 0.5) is 0 Å². The highest BCUT2D eigenvalue weighted by Gasteiger charge is 2.15. The molecule has 186 valence electrons. The molecule has 0 aliphatic rings. The number of aryl methyl sites for hydroxylation is 2. The van der Waals surface area contributed by atoms with Gasteiger partial charge < -0.3 is 9.47 Å². The fourth-order valence-electron chi connectivity index (χ4n) is 4.15. The lowest BCUT2D eigenvalue weighted by atomic mass is 9.97. The number of ether oxygens (including phenoxy) is 2. The van der Waals surface area contributed by atoms with Gasteiger partial charge in [0.2, 0.25) is 0 Å². The quantitative estimate of drug-likeness (QED) is 0.202. The van der Waals surface area contributed by atoms with Crippen molar-refractivity contribution in [2.45, 2.75) is 13.8 Å². The normalized spacial score (nSPS) is 10.6. The highest BCUT2D eigenvalue weighted by Crippen LogP contribution is 2.28. The third kappa shape index (κ3) is 5.55. The van der Waals surface area contributed by atoms with E-state index in [4.69, 9.17) is 9.47 Å². The molecule has 0 heterocycles. The minimum Gasteiger partial charge on any atom is -0.457 e. The summed E-state index contributed by atoms with van der Waals surface area (Å²) in [6.45, 7) is 3.82. The van der Waals surface area contributed by atoms with Crippen molar-refractivity contribution >= 4 is 11.6 Å². The summed E-state index contributed by atoms with van der Waals surface area (Å²) in [6.07, 6.45) is 0. The van der Waals surface area contributed by atoms with Crippen LogP contribution in [0.25, 0.3) is 0 Å². The van der Waals surface area contributed by atoms with Crippen LogP contribution in [0.2, 0.25) is 0 Å². The summed E-state index contributed by atoms with van der Waals surface area (Å²) in [7, 11) is 0. The molecule has 0 radical (unpaired) electrons. The molecule has 5 aromatic rings. The van der Waals surface area contributed by atoms with E-state index in [-0.39, 0.29) is 11.6 Å². The van der Waals surface area contributed by atoms with E-state index in [0.717, 1.165) is 22.6 Å². The predicted octanol–water partition coefficient (Wildman–Crippen LogP) is 8.35. The topological polar surface area (TPSA) is 52.6 Å². The van der Waals surface area contributed by atoms with Crippen LogP contribution in [0.3, 0.4) is 0 Å². The Morgan fingerprint density at radius 1 is 0.447 bits per heavy atom. The van der Waals surface area contributed by atoms with Crippen molar-refractivity contribution in [3.8, 4) is 23.0 Å². The Hall–Kier alpha value is -4.96. The number of carbonyl (C=O) groups is 2. The van der Waals surface area contributed by atoms with Crippen LogP contribution in [0, 0.1) is 13.8 Å². The van der Waals surface area contributed by atoms with E-state index in [0.29, 0.717) is 33.8 Å². The molecule has 0 saturated carbocycles. The first-order chi connectivity index (χ1) is 18.5. The van der Waals surface area contributed by atoms with Gasteiger partial charge >= 0.3 is 0 Å². The zero-order valence-corrected chi connectivity index (χ0v) is 21.2. The van der Waals surface area contributed by atoms with Gasteiger partial charge in [-0.25, -0.2) is 0 Å². The molecular formula is C34H26O4. The molecule has 5 rings (SSSR count). The number of carbonyl (C=O) groups excluding carboxylic acids is 2. The molecule has 0 aliphatic carbocycles. The maximum atomic E-state index is 13.1. The summed E-state index contributed by atoms with van der Waals surface area (Å²) >= 11 is 0. The van der Waals surface area contributed by atoms with E-state index in [1.807, 2.05) is 86.6 Å². The highest BCUT2D eigenvalue weighted by atomic mass is 16.5. The lowest BCUT2D eigenvalue weighted by Crippen LogP contribution is -2.05. The van der Waals surface area contributed by atoms with Gasteiger partial charge in [0.05, 0.1) is 0 Å². The average Bonchev–Trinajstić information content (AvgIpc) is 2.95. The van der Waals surface area contributed by atoms with Crippen LogP contribution in [0.1, 0.15) is 43.0 Å². The van der Waals surface area contributed by atoms with Gasteiger partial charge in [0.15, 0.2) is 11.6 Å². The van der Waals surface area contributed by atoms with Gasteiger partial charge in [-0.1, -0.05) is 60.7 Å². The van der Waals surface area contributed by atoms with Crippen molar-refractivity contribution in [1.82, 2.24) is 0 Å². The third-order valence-electron chi connectivity index (χ3n) is 6.23. The average molecular weight is 499 g/mol. The molecule has 4 nitrogen and oxygen atoms in total. The number of rotatable bonds is 8. The van der Waals surface area contributed by atoms with Crippen LogP contribution < -0.4 is 9.47 Å². The predicted molar refractivity (Wildman–Crippen MR) is 149 cm³/mol. The molecule has 0 atom stereocenters.